The number of para-hydroxylation sites is 2. The van der Waals surface area contributed by atoms with Gasteiger partial charge in [0.25, 0.3) is 5.91 Å². The van der Waals surface area contributed by atoms with Crippen molar-refractivity contribution in [2.24, 2.45) is 0 Å². The van der Waals surface area contributed by atoms with Gasteiger partial charge in [-0.3, -0.25) is 9.59 Å². The first-order valence-corrected chi connectivity index (χ1v) is 8.12. The molecule has 1 amide bonds. The van der Waals surface area contributed by atoms with Gasteiger partial charge in [-0.25, -0.2) is 0 Å². The number of ether oxygens (including phenoxy) is 1. The van der Waals surface area contributed by atoms with E-state index in [-0.39, 0.29) is 16.6 Å². The van der Waals surface area contributed by atoms with Gasteiger partial charge in [-0.2, -0.15) is 5.26 Å². The molecule has 0 radical (unpaired) electrons. The van der Waals surface area contributed by atoms with E-state index in [1.165, 1.54) is 19.4 Å². The van der Waals surface area contributed by atoms with Crippen LogP contribution >= 0.6 is 0 Å². The molecule has 3 aromatic rings. The molecule has 1 N–H and O–H groups in total. The molecular formula is C21H16N2O4. The second-order valence-electron chi connectivity index (χ2n) is 5.84. The fourth-order valence-electron chi connectivity index (χ4n) is 2.60. The maximum Gasteiger partial charge on any atom is 0.266 e. The highest BCUT2D eigenvalue weighted by molar-refractivity contribution is 6.10. The Balaban J connectivity index is 1.98. The maximum atomic E-state index is 12.6. The molecule has 0 aliphatic carbocycles. The highest BCUT2D eigenvalue weighted by Gasteiger charge is 2.14. The van der Waals surface area contributed by atoms with E-state index in [9.17, 15) is 14.9 Å². The molecule has 6 nitrogen and oxygen atoms in total. The van der Waals surface area contributed by atoms with Crippen molar-refractivity contribution < 1.29 is 13.9 Å². The third kappa shape index (κ3) is 3.72. The Morgan fingerprint density at radius 1 is 1.26 bits per heavy atom. The predicted molar refractivity (Wildman–Crippen MR) is 102 cm³/mol. The highest BCUT2D eigenvalue weighted by atomic mass is 16.5. The van der Waals surface area contributed by atoms with E-state index in [2.05, 4.69) is 5.32 Å². The molecule has 0 spiro atoms. The number of nitriles is 1. The Morgan fingerprint density at radius 3 is 2.78 bits per heavy atom. The molecule has 0 aliphatic heterocycles. The Morgan fingerprint density at radius 2 is 2.04 bits per heavy atom. The lowest BCUT2D eigenvalue weighted by atomic mass is 10.1. The number of hydrogen-bond donors (Lipinski definition) is 1. The molecule has 0 saturated carbocycles. The van der Waals surface area contributed by atoms with Gasteiger partial charge < -0.3 is 14.5 Å². The van der Waals surface area contributed by atoms with Crippen LogP contribution in [0.25, 0.3) is 17.0 Å². The molecule has 0 saturated heterocycles. The van der Waals surface area contributed by atoms with Crippen molar-refractivity contribution in [3.05, 3.63) is 75.7 Å². The number of nitrogens with one attached hydrogen (secondary N) is 1. The summed E-state index contributed by atoms with van der Waals surface area (Å²) < 4.78 is 10.6. The van der Waals surface area contributed by atoms with Crippen LogP contribution in [0.15, 0.2) is 63.5 Å². The number of aryl methyl sites for hydroxylation is 1. The number of amides is 1. The zero-order valence-electron chi connectivity index (χ0n) is 14.8. The Labute approximate surface area is 155 Å². The smallest absolute Gasteiger partial charge is 0.266 e. The summed E-state index contributed by atoms with van der Waals surface area (Å²) in [6, 6.07) is 13.9. The maximum absolute atomic E-state index is 12.6. The molecular weight excluding hydrogens is 344 g/mol. The molecule has 3 rings (SSSR count). The first-order valence-electron chi connectivity index (χ1n) is 8.12. The molecule has 0 bridgehead atoms. The summed E-state index contributed by atoms with van der Waals surface area (Å²) in [5.41, 5.74) is 1.37. The molecule has 0 atom stereocenters. The minimum Gasteiger partial charge on any atom is -0.495 e. The summed E-state index contributed by atoms with van der Waals surface area (Å²) >= 11 is 0. The van der Waals surface area contributed by atoms with Gasteiger partial charge >= 0.3 is 0 Å². The van der Waals surface area contributed by atoms with Crippen molar-refractivity contribution in [1.82, 2.24) is 0 Å². The van der Waals surface area contributed by atoms with E-state index in [0.717, 1.165) is 5.56 Å². The third-order valence-corrected chi connectivity index (χ3v) is 3.97. The summed E-state index contributed by atoms with van der Waals surface area (Å²) in [5.74, 6) is -0.186. The molecule has 134 valence electrons. The first-order chi connectivity index (χ1) is 13.0. The summed E-state index contributed by atoms with van der Waals surface area (Å²) in [5, 5.41) is 12.4. The van der Waals surface area contributed by atoms with Crippen LogP contribution in [-0.4, -0.2) is 13.0 Å². The van der Waals surface area contributed by atoms with Crippen LogP contribution in [0.3, 0.4) is 0 Å². The average molecular weight is 360 g/mol. The number of benzene rings is 2. The fourth-order valence-corrected chi connectivity index (χ4v) is 2.60. The Hall–Kier alpha value is -3.85. The van der Waals surface area contributed by atoms with Crippen molar-refractivity contribution in [2.45, 2.75) is 6.92 Å². The van der Waals surface area contributed by atoms with Crippen molar-refractivity contribution >= 4 is 28.6 Å². The predicted octanol–water partition coefficient (Wildman–Crippen LogP) is 3.66. The van der Waals surface area contributed by atoms with Crippen LogP contribution in [0.1, 0.15) is 11.1 Å². The van der Waals surface area contributed by atoms with Crippen LogP contribution in [0.4, 0.5) is 5.69 Å². The lowest BCUT2D eigenvalue weighted by molar-refractivity contribution is -0.112. The van der Waals surface area contributed by atoms with Gasteiger partial charge in [-0.15, -0.1) is 0 Å². The van der Waals surface area contributed by atoms with Gasteiger partial charge in [0.05, 0.1) is 23.7 Å². The summed E-state index contributed by atoms with van der Waals surface area (Å²) in [4.78, 5) is 25.1. The Bertz CT molecular complexity index is 1150. The Kier molecular flexibility index (Phi) is 5.04. The largest absolute Gasteiger partial charge is 0.495 e. The van der Waals surface area contributed by atoms with Gasteiger partial charge in [-0.05, 0) is 37.3 Å². The first kappa shape index (κ1) is 18.0. The van der Waals surface area contributed by atoms with Crippen molar-refractivity contribution in [3.63, 3.8) is 0 Å². The number of anilines is 1. The summed E-state index contributed by atoms with van der Waals surface area (Å²) in [6.07, 6.45) is 2.46. The molecule has 0 unspecified atom stereocenters. The highest BCUT2D eigenvalue weighted by Crippen LogP contribution is 2.23. The number of methoxy groups -OCH3 is 1. The number of carbonyl (C=O) groups is 1. The van der Waals surface area contributed by atoms with Crippen LogP contribution in [0.5, 0.6) is 5.75 Å². The monoisotopic (exact) mass is 360 g/mol. The van der Waals surface area contributed by atoms with E-state index in [0.29, 0.717) is 22.4 Å². The van der Waals surface area contributed by atoms with Crippen LogP contribution in [-0.2, 0) is 4.79 Å². The van der Waals surface area contributed by atoms with E-state index >= 15 is 0 Å². The van der Waals surface area contributed by atoms with E-state index in [1.54, 1.807) is 36.4 Å². The number of fused-ring (bicyclic) bond motifs is 1. The van der Waals surface area contributed by atoms with Crippen molar-refractivity contribution in [2.75, 3.05) is 12.4 Å². The van der Waals surface area contributed by atoms with Gasteiger partial charge in [0.2, 0.25) is 0 Å². The number of nitrogens with zero attached hydrogens (tertiary/aromatic N) is 1. The SMILES string of the molecule is COc1ccccc1NC(=O)/C(C#N)=C/c1coc2ccc(C)cc2c1=O. The van der Waals surface area contributed by atoms with Gasteiger partial charge in [0.15, 0.2) is 5.43 Å². The lowest BCUT2D eigenvalue weighted by Gasteiger charge is -2.09. The number of hydrogen-bond acceptors (Lipinski definition) is 5. The zero-order chi connectivity index (χ0) is 19.4. The molecule has 1 heterocycles. The number of carbonyl (C=O) groups excluding carboxylic acids is 1. The summed E-state index contributed by atoms with van der Waals surface area (Å²) in [7, 11) is 1.48. The third-order valence-electron chi connectivity index (χ3n) is 3.97. The quantitative estimate of drug-likeness (QED) is 0.566. The molecule has 2 aromatic carbocycles. The molecule has 6 heteroatoms. The van der Waals surface area contributed by atoms with Crippen molar-refractivity contribution in [3.8, 4) is 11.8 Å². The molecule has 1 aromatic heterocycles. The van der Waals surface area contributed by atoms with Crippen LogP contribution in [0, 0.1) is 18.3 Å². The minimum atomic E-state index is -0.647. The minimum absolute atomic E-state index is 0.125. The normalized spacial score (nSPS) is 11.1. The summed E-state index contributed by atoms with van der Waals surface area (Å²) in [6.45, 7) is 1.86. The van der Waals surface area contributed by atoms with E-state index in [4.69, 9.17) is 9.15 Å². The lowest BCUT2D eigenvalue weighted by Crippen LogP contribution is -2.15. The average Bonchev–Trinajstić information content (AvgIpc) is 2.68. The zero-order valence-corrected chi connectivity index (χ0v) is 14.8. The number of rotatable bonds is 4. The van der Waals surface area contributed by atoms with Gasteiger partial charge in [0.1, 0.15) is 29.2 Å². The standard InChI is InChI=1S/C21H16N2O4/c1-13-7-8-18-16(9-13)20(24)15(12-27-18)10-14(11-22)21(25)23-17-5-3-4-6-19(17)26-2/h3-10,12H,1-2H3,(H,23,25)/b14-10+. The molecule has 0 aliphatic rings. The topological polar surface area (TPSA) is 92.3 Å². The second kappa shape index (κ2) is 7.58. The van der Waals surface area contributed by atoms with E-state index in [1.807, 2.05) is 19.1 Å². The van der Waals surface area contributed by atoms with Crippen molar-refractivity contribution in [1.29, 1.82) is 5.26 Å². The van der Waals surface area contributed by atoms with Crippen LogP contribution < -0.4 is 15.5 Å². The molecule has 27 heavy (non-hydrogen) atoms. The van der Waals surface area contributed by atoms with E-state index < -0.39 is 5.91 Å². The second-order valence-corrected chi connectivity index (χ2v) is 5.84. The van der Waals surface area contributed by atoms with Gasteiger partial charge in [0, 0.05) is 0 Å². The van der Waals surface area contributed by atoms with Crippen LogP contribution in [0.2, 0.25) is 0 Å². The molecule has 0 fully saturated rings. The van der Waals surface area contributed by atoms with Gasteiger partial charge in [-0.1, -0.05) is 23.8 Å². The fraction of sp³-hybridized carbons (Fsp3) is 0.0952.